The Hall–Kier alpha value is -3.76. The SMILES string of the molecule is Cc1cnc(Nc2cccc(O)c2)nc1-c1sc(C)c(C#N)c1-c1cccnc1. The summed E-state index contributed by atoms with van der Waals surface area (Å²) in [5, 5.41) is 22.5. The van der Waals surface area contributed by atoms with Crippen molar-refractivity contribution in [1.82, 2.24) is 15.0 Å². The molecule has 7 heteroatoms. The monoisotopic (exact) mass is 399 g/mol. The molecular formula is C22H17N5OS. The fraction of sp³-hybridized carbons (Fsp3) is 0.0909. The Morgan fingerprint density at radius 3 is 2.72 bits per heavy atom. The molecule has 0 radical (unpaired) electrons. The van der Waals surface area contributed by atoms with Crippen LogP contribution < -0.4 is 5.32 Å². The first kappa shape index (κ1) is 18.6. The van der Waals surface area contributed by atoms with Crippen LogP contribution in [-0.4, -0.2) is 20.1 Å². The third-order valence-electron chi connectivity index (χ3n) is 4.44. The summed E-state index contributed by atoms with van der Waals surface area (Å²) in [7, 11) is 0. The van der Waals surface area contributed by atoms with Crippen molar-refractivity contribution in [3.63, 3.8) is 0 Å². The van der Waals surface area contributed by atoms with Crippen LogP contribution in [0.5, 0.6) is 5.75 Å². The molecule has 0 aliphatic carbocycles. The summed E-state index contributed by atoms with van der Waals surface area (Å²) in [4.78, 5) is 15.1. The van der Waals surface area contributed by atoms with E-state index >= 15 is 0 Å². The van der Waals surface area contributed by atoms with Crippen molar-refractivity contribution >= 4 is 23.0 Å². The molecule has 29 heavy (non-hydrogen) atoms. The van der Waals surface area contributed by atoms with Gasteiger partial charge in [0.25, 0.3) is 0 Å². The molecule has 142 valence electrons. The van der Waals surface area contributed by atoms with E-state index in [1.165, 1.54) is 11.3 Å². The minimum atomic E-state index is 0.161. The Bertz CT molecular complexity index is 1230. The average molecular weight is 399 g/mol. The highest BCUT2D eigenvalue weighted by Gasteiger charge is 2.21. The predicted octanol–water partition coefficient (Wildman–Crippen LogP) is 5.20. The number of hydrogen-bond acceptors (Lipinski definition) is 7. The lowest BCUT2D eigenvalue weighted by molar-refractivity contribution is 0.475. The molecule has 0 saturated heterocycles. The first-order valence-corrected chi connectivity index (χ1v) is 9.72. The van der Waals surface area contributed by atoms with Gasteiger partial charge in [0.1, 0.15) is 11.8 Å². The van der Waals surface area contributed by atoms with E-state index in [2.05, 4.69) is 21.4 Å². The molecule has 0 fully saturated rings. The second-order valence-corrected chi connectivity index (χ2v) is 7.72. The van der Waals surface area contributed by atoms with E-state index in [4.69, 9.17) is 4.98 Å². The first-order valence-electron chi connectivity index (χ1n) is 8.90. The zero-order chi connectivity index (χ0) is 20.4. The van der Waals surface area contributed by atoms with E-state index in [1.54, 1.807) is 36.8 Å². The van der Waals surface area contributed by atoms with Gasteiger partial charge in [0, 0.05) is 46.3 Å². The summed E-state index contributed by atoms with van der Waals surface area (Å²) in [6, 6.07) is 12.9. The van der Waals surface area contributed by atoms with Crippen molar-refractivity contribution in [1.29, 1.82) is 5.26 Å². The quantitative estimate of drug-likeness (QED) is 0.489. The van der Waals surface area contributed by atoms with E-state index in [0.29, 0.717) is 17.2 Å². The van der Waals surface area contributed by atoms with Crippen LogP contribution in [0.3, 0.4) is 0 Å². The third kappa shape index (κ3) is 3.66. The summed E-state index contributed by atoms with van der Waals surface area (Å²) in [5.74, 6) is 0.576. The molecule has 3 heterocycles. The van der Waals surface area contributed by atoms with Gasteiger partial charge in [0.15, 0.2) is 0 Å². The van der Waals surface area contributed by atoms with Gasteiger partial charge < -0.3 is 10.4 Å². The van der Waals surface area contributed by atoms with Crippen LogP contribution in [0.1, 0.15) is 16.0 Å². The number of nitriles is 1. The number of thiophene rings is 1. The van der Waals surface area contributed by atoms with E-state index in [1.807, 2.05) is 32.0 Å². The number of hydrogen-bond donors (Lipinski definition) is 2. The second kappa shape index (κ2) is 7.70. The normalized spacial score (nSPS) is 10.5. The van der Waals surface area contributed by atoms with Crippen molar-refractivity contribution in [3.05, 3.63) is 71.0 Å². The van der Waals surface area contributed by atoms with E-state index in [0.717, 1.165) is 32.1 Å². The number of benzene rings is 1. The molecule has 4 aromatic rings. The van der Waals surface area contributed by atoms with Gasteiger partial charge in [-0.15, -0.1) is 11.3 Å². The zero-order valence-electron chi connectivity index (χ0n) is 15.8. The molecule has 1 aromatic carbocycles. The van der Waals surface area contributed by atoms with E-state index in [9.17, 15) is 10.4 Å². The fourth-order valence-electron chi connectivity index (χ4n) is 3.08. The van der Waals surface area contributed by atoms with Crippen LogP contribution in [-0.2, 0) is 0 Å². The highest BCUT2D eigenvalue weighted by molar-refractivity contribution is 7.16. The molecule has 0 atom stereocenters. The molecule has 0 aliphatic heterocycles. The number of aryl methyl sites for hydroxylation is 2. The lowest BCUT2D eigenvalue weighted by Crippen LogP contribution is -2.00. The zero-order valence-corrected chi connectivity index (χ0v) is 16.7. The smallest absolute Gasteiger partial charge is 0.227 e. The largest absolute Gasteiger partial charge is 0.508 e. The van der Waals surface area contributed by atoms with Crippen LogP contribution in [0.15, 0.2) is 55.0 Å². The van der Waals surface area contributed by atoms with Crippen molar-refractivity contribution in [3.8, 4) is 33.5 Å². The molecule has 0 amide bonds. The van der Waals surface area contributed by atoms with Gasteiger partial charge in [-0.05, 0) is 37.6 Å². The van der Waals surface area contributed by atoms with Gasteiger partial charge >= 0.3 is 0 Å². The van der Waals surface area contributed by atoms with Gasteiger partial charge in [-0.25, -0.2) is 9.97 Å². The number of phenols is 1. The van der Waals surface area contributed by atoms with Gasteiger partial charge in [-0.3, -0.25) is 4.98 Å². The highest BCUT2D eigenvalue weighted by atomic mass is 32.1. The Kier molecular flexibility index (Phi) is 4.94. The molecule has 4 rings (SSSR count). The predicted molar refractivity (Wildman–Crippen MR) is 114 cm³/mol. The topological polar surface area (TPSA) is 94.7 Å². The number of phenolic OH excluding ortho intramolecular Hbond substituents is 1. The number of anilines is 2. The Balaban J connectivity index is 1.84. The molecule has 0 aliphatic rings. The standard InChI is InChI=1S/C22H17N5OS/c1-13-11-25-22(26-16-6-3-7-17(28)9-16)27-20(13)21-19(15-5-4-8-24-12-15)18(10-23)14(2)29-21/h3-9,11-12,28H,1-2H3,(H,25,26,27). The molecular weight excluding hydrogens is 382 g/mol. The molecule has 0 unspecified atom stereocenters. The summed E-state index contributed by atoms with van der Waals surface area (Å²) >= 11 is 1.54. The maximum absolute atomic E-state index is 9.73. The molecule has 2 N–H and O–H groups in total. The van der Waals surface area contributed by atoms with Crippen molar-refractivity contribution in [2.24, 2.45) is 0 Å². The number of aromatic hydroxyl groups is 1. The minimum Gasteiger partial charge on any atom is -0.508 e. The molecule has 0 saturated carbocycles. The van der Waals surface area contributed by atoms with Crippen molar-refractivity contribution in [2.45, 2.75) is 13.8 Å². The van der Waals surface area contributed by atoms with E-state index in [-0.39, 0.29) is 5.75 Å². The van der Waals surface area contributed by atoms with Gasteiger partial charge in [-0.1, -0.05) is 12.1 Å². The number of pyridine rings is 1. The summed E-state index contributed by atoms with van der Waals surface area (Å²) < 4.78 is 0. The maximum Gasteiger partial charge on any atom is 0.227 e. The second-order valence-electron chi connectivity index (χ2n) is 6.49. The molecule has 0 bridgehead atoms. The van der Waals surface area contributed by atoms with Gasteiger partial charge in [0.05, 0.1) is 16.1 Å². The number of rotatable bonds is 4. The first-order chi connectivity index (χ1) is 14.1. The lowest BCUT2D eigenvalue weighted by Gasteiger charge is -2.10. The average Bonchev–Trinajstić information content (AvgIpc) is 3.06. The fourth-order valence-corrected chi connectivity index (χ4v) is 4.26. The highest BCUT2D eigenvalue weighted by Crippen LogP contribution is 2.43. The summed E-state index contributed by atoms with van der Waals surface area (Å²) in [6.07, 6.45) is 5.22. The van der Waals surface area contributed by atoms with Crippen LogP contribution in [0.25, 0.3) is 21.7 Å². The molecule has 0 spiro atoms. The van der Waals surface area contributed by atoms with E-state index < -0.39 is 0 Å². The summed E-state index contributed by atoms with van der Waals surface area (Å²) in [6.45, 7) is 3.89. The van der Waals surface area contributed by atoms with Gasteiger partial charge in [0.2, 0.25) is 5.95 Å². The summed E-state index contributed by atoms with van der Waals surface area (Å²) in [5.41, 5.74) is 4.71. The Morgan fingerprint density at radius 1 is 1.14 bits per heavy atom. The van der Waals surface area contributed by atoms with Crippen LogP contribution in [0.4, 0.5) is 11.6 Å². The van der Waals surface area contributed by atoms with Gasteiger partial charge in [-0.2, -0.15) is 5.26 Å². The van der Waals surface area contributed by atoms with Crippen molar-refractivity contribution < 1.29 is 5.11 Å². The third-order valence-corrected chi connectivity index (χ3v) is 5.55. The molecule has 3 aromatic heterocycles. The van der Waals surface area contributed by atoms with Crippen LogP contribution in [0, 0.1) is 25.2 Å². The van der Waals surface area contributed by atoms with Crippen LogP contribution >= 0.6 is 11.3 Å². The lowest BCUT2D eigenvalue weighted by atomic mass is 10.0. The number of aromatic nitrogens is 3. The Labute approximate surface area is 172 Å². The minimum absolute atomic E-state index is 0.161. The molecule has 6 nitrogen and oxygen atoms in total. The number of nitrogens with one attached hydrogen (secondary N) is 1. The van der Waals surface area contributed by atoms with Crippen molar-refractivity contribution in [2.75, 3.05) is 5.32 Å². The van der Waals surface area contributed by atoms with Crippen LogP contribution in [0.2, 0.25) is 0 Å². The number of nitrogens with zero attached hydrogens (tertiary/aromatic N) is 4. The maximum atomic E-state index is 9.73. The Morgan fingerprint density at radius 2 is 2.00 bits per heavy atom.